The predicted octanol–water partition coefficient (Wildman–Crippen LogP) is 4.39. The number of anilines is 1. The van der Waals surface area contributed by atoms with Crippen LogP contribution in [0.1, 0.15) is 0 Å². The van der Waals surface area contributed by atoms with E-state index in [2.05, 4.69) is 4.98 Å². The van der Waals surface area contributed by atoms with E-state index in [1.165, 1.54) is 7.11 Å². The summed E-state index contributed by atoms with van der Waals surface area (Å²) < 4.78 is 11.0. The zero-order chi connectivity index (χ0) is 14.3. The van der Waals surface area contributed by atoms with Crippen molar-refractivity contribution in [3.05, 3.63) is 40.4 Å². The number of nitrogen functional groups attached to an aromatic ring is 1. The lowest BCUT2D eigenvalue weighted by atomic mass is 10.2. The third-order valence-electron chi connectivity index (χ3n) is 2.86. The third kappa shape index (κ3) is 2.17. The number of rotatable bonds is 2. The summed E-state index contributed by atoms with van der Waals surface area (Å²) in [5, 5.41) is 0.879. The lowest BCUT2D eigenvalue weighted by Gasteiger charge is -2.07. The molecule has 2 N–H and O–H groups in total. The standard InChI is InChI=1S/C14H10Cl2N2O2/c1-19-13-9(4-7(15)5-10(13)16)14-18-11-3-2-8(17)6-12(11)20-14/h2-6H,17H2,1H3. The lowest BCUT2D eigenvalue weighted by Crippen LogP contribution is -1.89. The fourth-order valence-electron chi connectivity index (χ4n) is 1.98. The van der Waals surface area contributed by atoms with E-state index in [1.807, 2.05) is 0 Å². The fraction of sp³-hybridized carbons (Fsp3) is 0.0714. The van der Waals surface area contributed by atoms with Crippen molar-refractivity contribution >= 4 is 40.0 Å². The van der Waals surface area contributed by atoms with Crippen molar-refractivity contribution in [1.29, 1.82) is 0 Å². The summed E-state index contributed by atoms with van der Waals surface area (Å²) in [6.07, 6.45) is 0. The van der Waals surface area contributed by atoms with Crippen LogP contribution in [-0.4, -0.2) is 12.1 Å². The molecule has 0 saturated carbocycles. The van der Waals surface area contributed by atoms with Gasteiger partial charge in [-0.1, -0.05) is 23.2 Å². The van der Waals surface area contributed by atoms with Gasteiger partial charge in [-0.15, -0.1) is 0 Å². The number of nitrogens with zero attached hydrogens (tertiary/aromatic N) is 1. The van der Waals surface area contributed by atoms with Crippen LogP contribution in [0.15, 0.2) is 34.7 Å². The van der Waals surface area contributed by atoms with Crippen molar-refractivity contribution in [2.24, 2.45) is 0 Å². The number of oxazole rings is 1. The number of nitrogens with two attached hydrogens (primary N) is 1. The van der Waals surface area contributed by atoms with E-state index in [0.29, 0.717) is 44.0 Å². The maximum Gasteiger partial charge on any atom is 0.231 e. The highest BCUT2D eigenvalue weighted by molar-refractivity contribution is 6.36. The summed E-state index contributed by atoms with van der Waals surface area (Å²) in [6.45, 7) is 0. The predicted molar refractivity (Wildman–Crippen MR) is 80.4 cm³/mol. The van der Waals surface area contributed by atoms with Crippen LogP contribution in [0.5, 0.6) is 5.75 Å². The molecule has 0 amide bonds. The maximum atomic E-state index is 6.11. The van der Waals surface area contributed by atoms with Gasteiger partial charge in [0, 0.05) is 16.8 Å². The Hall–Kier alpha value is -1.91. The SMILES string of the molecule is COc1c(Cl)cc(Cl)cc1-c1nc2ccc(N)cc2o1. The molecule has 0 aliphatic heterocycles. The quantitative estimate of drug-likeness (QED) is 0.713. The van der Waals surface area contributed by atoms with Crippen molar-refractivity contribution in [3.8, 4) is 17.2 Å². The molecule has 0 aliphatic carbocycles. The summed E-state index contributed by atoms with van der Waals surface area (Å²) in [4.78, 5) is 4.40. The van der Waals surface area contributed by atoms with Crippen LogP contribution >= 0.6 is 23.2 Å². The van der Waals surface area contributed by atoms with Gasteiger partial charge in [0.2, 0.25) is 5.89 Å². The van der Waals surface area contributed by atoms with E-state index in [1.54, 1.807) is 30.3 Å². The Morgan fingerprint density at radius 1 is 1.20 bits per heavy atom. The van der Waals surface area contributed by atoms with Crippen LogP contribution in [0, 0.1) is 0 Å². The van der Waals surface area contributed by atoms with E-state index in [9.17, 15) is 0 Å². The van der Waals surface area contributed by atoms with Crippen LogP contribution < -0.4 is 10.5 Å². The Morgan fingerprint density at radius 3 is 2.75 bits per heavy atom. The lowest BCUT2D eigenvalue weighted by molar-refractivity contribution is 0.415. The van der Waals surface area contributed by atoms with Crippen LogP contribution in [0.25, 0.3) is 22.6 Å². The van der Waals surface area contributed by atoms with E-state index < -0.39 is 0 Å². The van der Waals surface area contributed by atoms with Gasteiger partial charge in [-0.2, -0.15) is 0 Å². The molecule has 0 fully saturated rings. The summed E-state index contributed by atoms with van der Waals surface area (Å²) >= 11 is 12.1. The molecule has 0 saturated heterocycles. The van der Waals surface area contributed by atoms with Gasteiger partial charge >= 0.3 is 0 Å². The molecule has 0 unspecified atom stereocenters. The second-order valence-corrected chi connectivity index (χ2v) is 5.06. The number of hydrogen-bond acceptors (Lipinski definition) is 4. The molecular weight excluding hydrogens is 299 g/mol. The molecule has 6 heteroatoms. The molecule has 0 atom stereocenters. The summed E-state index contributed by atoms with van der Waals surface area (Å²) in [6, 6.07) is 8.56. The molecular formula is C14H10Cl2N2O2. The van der Waals surface area contributed by atoms with Crippen LogP contribution in [0.4, 0.5) is 5.69 Å². The fourth-order valence-corrected chi connectivity index (χ4v) is 2.55. The largest absolute Gasteiger partial charge is 0.494 e. The second-order valence-electron chi connectivity index (χ2n) is 4.21. The van der Waals surface area contributed by atoms with Gasteiger partial charge < -0.3 is 14.9 Å². The van der Waals surface area contributed by atoms with Gasteiger partial charge in [0.25, 0.3) is 0 Å². The Labute approximate surface area is 125 Å². The molecule has 1 heterocycles. The smallest absolute Gasteiger partial charge is 0.231 e. The molecule has 20 heavy (non-hydrogen) atoms. The number of fused-ring (bicyclic) bond motifs is 1. The van der Waals surface area contributed by atoms with Crippen LogP contribution in [0.2, 0.25) is 10.0 Å². The number of ether oxygens (including phenoxy) is 1. The normalized spacial score (nSPS) is 10.9. The zero-order valence-corrected chi connectivity index (χ0v) is 12.0. The first-order chi connectivity index (χ1) is 9.58. The van der Waals surface area contributed by atoms with Crippen molar-refractivity contribution < 1.29 is 9.15 Å². The molecule has 3 rings (SSSR count). The molecule has 3 aromatic rings. The Bertz CT molecular complexity index is 799. The Balaban J connectivity index is 2.24. The van der Waals surface area contributed by atoms with Gasteiger partial charge in [-0.05, 0) is 24.3 Å². The molecule has 0 radical (unpaired) electrons. The van der Waals surface area contributed by atoms with E-state index in [4.69, 9.17) is 38.1 Å². The number of benzene rings is 2. The topological polar surface area (TPSA) is 61.3 Å². The molecule has 0 bridgehead atoms. The van der Waals surface area contributed by atoms with Crippen molar-refractivity contribution in [1.82, 2.24) is 4.98 Å². The molecule has 0 aliphatic rings. The molecule has 2 aromatic carbocycles. The number of aromatic nitrogens is 1. The summed E-state index contributed by atoms with van der Waals surface area (Å²) in [5.74, 6) is 0.849. The molecule has 1 aromatic heterocycles. The minimum atomic E-state index is 0.381. The first-order valence-electron chi connectivity index (χ1n) is 5.78. The number of halogens is 2. The molecule has 0 spiro atoms. The average molecular weight is 309 g/mol. The van der Waals surface area contributed by atoms with Crippen molar-refractivity contribution in [2.75, 3.05) is 12.8 Å². The number of methoxy groups -OCH3 is 1. The van der Waals surface area contributed by atoms with Crippen LogP contribution in [-0.2, 0) is 0 Å². The van der Waals surface area contributed by atoms with E-state index in [0.717, 1.165) is 0 Å². The summed E-state index contributed by atoms with van der Waals surface area (Å²) in [5.41, 5.74) is 8.22. The van der Waals surface area contributed by atoms with Gasteiger partial charge in [0.1, 0.15) is 11.3 Å². The average Bonchev–Trinajstić information content (AvgIpc) is 2.80. The molecule has 102 valence electrons. The highest BCUT2D eigenvalue weighted by Gasteiger charge is 2.17. The van der Waals surface area contributed by atoms with Crippen LogP contribution in [0.3, 0.4) is 0 Å². The maximum absolute atomic E-state index is 6.11. The zero-order valence-electron chi connectivity index (χ0n) is 10.5. The first kappa shape index (κ1) is 13.1. The van der Waals surface area contributed by atoms with Gasteiger partial charge in [-0.3, -0.25) is 0 Å². The van der Waals surface area contributed by atoms with Gasteiger partial charge in [-0.25, -0.2) is 4.98 Å². The Kier molecular flexibility index (Phi) is 3.20. The third-order valence-corrected chi connectivity index (χ3v) is 3.35. The second kappa shape index (κ2) is 4.89. The number of hydrogen-bond donors (Lipinski definition) is 1. The highest BCUT2D eigenvalue weighted by Crippen LogP contribution is 2.39. The van der Waals surface area contributed by atoms with Gasteiger partial charge in [0.15, 0.2) is 5.58 Å². The van der Waals surface area contributed by atoms with Gasteiger partial charge in [0.05, 0.1) is 17.7 Å². The van der Waals surface area contributed by atoms with Crippen molar-refractivity contribution in [2.45, 2.75) is 0 Å². The summed E-state index contributed by atoms with van der Waals surface area (Å²) in [7, 11) is 1.53. The first-order valence-corrected chi connectivity index (χ1v) is 6.53. The molecule has 4 nitrogen and oxygen atoms in total. The monoisotopic (exact) mass is 308 g/mol. The Morgan fingerprint density at radius 2 is 2.00 bits per heavy atom. The minimum absolute atomic E-state index is 0.381. The minimum Gasteiger partial charge on any atom is -0.494 e. The van der Waals surface area contributed by atoms with Crippen molar-refractivity contribution in [3.63, 3.8) is 0 Å². The van der Waals surface area contributed by atoms with E-state index >= 15 is 0 Å². The highest BCUT2D eigenvalue weighted by atomic mass is 35.5. The van der Waals surface area contributed by atoms with E-state index in [-0.39, 0.29) is 0 Å².